The second-order valence-corrected chi connectivity index (χ2v) is 14.0. The van der Waals surface area contributed by atoms with Crippen LogP contribution in [0.1, 0.15) is 100 Å². The molecular formula is C29H46O5. The molecule has 5 heteroatoms. The minimum Gasteiger partial charge on any atom is -0.462 e. The lowest BCUT2D eigenvalue weighted by molar-refractivity contribution is -0.267. The molecule has 1 aliphatic heterocycles. The molecule has 34 heavy (non-hydrogen) atoms. The number of allylic oxidation sites excluding steroid dienone is 2. The average molecular weight is 475 g/mol. The number of ketones is 1. The lowest BCUT2D eigenvalue weighted by Crippen LogP contribution is -2.69. The van der Waals surface area contributed by atoms with Gasteiger partial charge in [0.25, 0.3) is 0 Å². The highest BCUT2D eigenvalue weighted by atomic mass is 16.5. The minimum absolute atomic E-state index is 0.0105. The molecule has 0 bridgehead atoms. The molecule has 0 amide bonds. The van der Waals surface area contributed by atoms with Crippen LogP contribution >= 0.6 is 0 Å². The summed E-state index contributed by atoms with van der Waals surface area (Å²) in [5.74, 6) is 0.202. The van der Waals surface area contributed by atoms with Crippen LogP contribution in [0.4, 0.5) is 0 Å². The Bertz CT molecular complexity index is 893. The van der Waals surface area contributed by atoms with Crippen molar-refractivity contribution in [3.63, 3.8) is 0 Å². The highest BCUT2D eigenvalue weighted by molar-refractivity contribution is 5.90. The fraction of sp³-hybridized carbons (Fsp3) is 0.862. The van der Waals surface area contributed by atoms with Gasteiger partial charge in [0.1, 0.15) is 6.10 Å². The van der Waals surface area contributed by atoms with E-state index in [0.717, 1.165) is 37.7 Å². The molecule has 0 aromatic carbocycles. The van der Waals surface area contributed by atoms with Crippen LogP contribution in [-0.2, 0) is 14.3 Å². The molecule has 4 rings (SSSR count). The molecule has 5 nitrogen and oxygen atoms in total. The van der Waals surface area contributed by atoms with Gasteiger partial charge in [0.15, 0.2) is 5.78 Å². The molecule has 1 saturated heterocycles. The minimum atomic E-state index is -1.10. The van der Waals surface area contributed by atoms with E-state index in [-0.39, 0.29) is 64.2 Å². The first-order chi connectivity index (χ1) is 15.5. The van der Waals surface area contributed by atoms with Crippen LogP contribution in [0.15, 0.2) is 11.6 Å². The lowest BCUT2D eigenvalue weighted by Gasteiger charge is -2.70. The molecule has 0 radical (unpaired) electrons. The third-order valence-electron chi connectivity index (χ3n) is 11.0. The predicted octanol–water partition coefficient (Wildman–Crippen LogP) is 5.22. The summed E-state index contributed by atoms with van der Waals surface area (Å²) in [4.78, 5) is 25.5. The largest absolute Gasteiger partial charge is 0.462 e. The van der Waals surface area contributed by atoms with Crippen molar-refractivity contribution in [2.24, 2.45) is 39.9 Å². The van der Waals surface area contributed by atoms with Crippen LogP contribution in [0.5, 0.6) is 0 Å². The fourth-order valence-corrected chi connectivity index (χ4v) is 9.79. The Kier molecular flexibility index (Phi) is 6.01. The first-order valence-electron chi connectivity index (χ1n) is 13.3. The maximum atomic E-state index is 12.9. The van der Waals surface area contributed by atoms with Gasteiger partial charge in [0.05, 0.1) is 17.6 Å². The number of fused-ring (bicyclic) bond motifs is 2. The normalized spacial score (nSPS) is 45.5. The summed E-state index contributed by atoms with van der Waals surface area (Å²) in [5.41, 5.74) is -1.41. The lowest BCUT2D eigenvalue weighted by atomic mass is 9.36. The van der Waals surface area contributed by atoms with Crippen molar-refractivity contribution in [2.45, 2.75) is 118 Å². The molecule has 9 atom stereocenters. The molecule has 4 fully saturated rings. The molecule has 0 spiro atoms. The molecule has 0 aromatic heterocycles. The zero-order valence-electron chi connectivity index (χ0n) is 22.5. The van der Waals surface area contributed by atoms with E-state index in [9.17, 15) is 19.8 Å². The highest BCUT2D eigenvalue weighted by Crippen LogP contribution is 2.75. The number of esters is 1. The maximum Gasteiger partial charge on any atom is 0.306 e. The SMILES string of the molecule is CC(C)=CC(=O)C[C@@](C)(O)[C@H]1CC[C@]2(C)[C@@H]1C[C@H]1OC(=O)C[C@]3(C)[C@@H]1[C@@]2(C)CC[C@H]3C(C)(C)O. The van der Waals surface area contributed by atoms with Crippen molar-refractivity contribution in [3.8, 4) is 0 Å². The Morgan fingerprint density at radius 3 is 2.29 bits per heavy atom. The molecule has 0 aromatic rings. The summed E-state index contributed by atoms with van der Waals surface area (Å²) >= 11 is 0. The molecule has 3 saturated carbocycles. The number of carbonyl (C=O) groups is 2. The Hall–Kier alpha value is -1.20. The summed E-state index contributed by atoms with van der Waals surface area (Å²) < 4.78 is 6.09. The van der Waals surface area contributed by atoms with E-state index >= 15 is 0 Å². The van der Waals surface area contributed by atoms with Gasteiger partial charge in [0, 0.05) is 12.3 Å². The van der Waals surface area contributed by atoms with E-state index in [0.29, 0.717) is 6.42 Å². The molecule has 0 unspecified atom stereocenters. The number of ether oxygens (including phenoxy) is 1. The zero-order chi connectivity index (χ0) is 25.5. The van der Waals surface area contributed by atoms with Crippen LogP contribution in [0, 0.1) is 39.9 Å². The van der Waals surface area contributed by atoms with Gasteiger partial charge < -0.3 is 14.9 Å². The van der Waals surface area contributed by atoms with Crippen LogP contribution in [-0.4, -0.2) is 39.3 Å². The van der Waals surface area contributed by atoms with Crippen molar-refractivity contribution in [1.29, 1.82) is 0 Å². The predicted molar refractivity (Wildman–Crippen MR) is 132 cm³/mol. The monoisotopic (exact) mass is 474 g/mol. The molecule has 192 valence electrons. The summed E-state index contributed by atoms with van der Waals surface area (Å²) in [7, 11) is 0. The van der Waals surface area contributed by atoms with Gasteiger partial charge in [-0.25, -0.2) is 0 Å². The molecular weight excluding hydrogens is 428 g/mol. The smallest absolute Gasteiger partial charge is 0.306 e. The first kappa shape index (κ1) is 25.9. The number of hydrogen-bond donors (Lipinski definition) is 2. The number of carbonyl (C=O) groups excluding carboxylic acids is 2. The first-order valence-corrected chi connectivity index (χ1v) is 13.3. The Morgan fingerprint density at radius 2 is 1.71 bits per heavy atom. The highest BCUT2D eigenvalue weighted by Gasteiger charge is 2.72. The van der Waals surface area contributed by atoms with Crippen LogP contribution in [0.25, 0.3) is 0 Å². The summed E-state index contributed by atoms with van der Waals surface area (Å²) in [6, 6.07) is 0. The van der Waals surface area contributed by atoms with E-state index < -0.39 is 11.2 Å². The summed E-state index contributed by atoms with van der Waals surface area (Å²) in [5, 5.41) is 22.7. The molecule has 3 aliphatic carbocycles. The van der Waals surface area contributed by atoms with Gasteiger partial charge in [0.2, 0.25) is 0 Å². The topological polar surface area (TPSA) is 83.8 Å². The van der Waals surface area contributed by atoms with E-state index in [1.54, 1.807) is 6.08 Å². The van der Waals surface area contributed by atoms with Gasteiger partial charge in [-0.15, -0.1) is 0 Å². The van der Waals surface area contributed by atoms with Gasteiger partial charge in [-0.1, -0.05) is 26.3 Å². The number of aliphatic hydroxyl groups is 2. The van der Waals surface area contributed by atoms with Gasteiger partial charge >= 0.3 is 5.97 Å². The van der Waals surface area contributed by atoms with Crippen molar-refractivity contribution in [3.05, 3.63) is 11.6 Å². The second-order valence-electron chi connectivity index (χ2n) is 14.0. The zero-order valence-corrected chi connectivity index (χ0v) is 22.5. The van der Waals surface area contributed by atoms with Crippen molar-refractivity contribution in [2.75, 3.05) is 0 Å². The second kappa shape index (κ2) is 7.90. The number of rotatable bonds is 5. The van der Waals surface area contributed by atoms with Gasteiger partial charge in [-0.3, -0.25) is 9.59 Å². The van der Waals surface area contributed by atoms with Crippen molar-refractivity contribution >= 4 is 11.8 Å². The van der Waals surface area contributed by atoms with Gasteiger partial charge in [-0.05, 0) is 107 Å². The quantitative estimate of drug-likeness (QED) is 0.421. The third-order valence-corrected chi connectivity index (χ3v) is 11.0. The van der Waals surface area contributed by atoms with E-state index in [1.807, 2.05) is 34.6 Å². The number of hydrogen-bond acceptors (Lipinski definition) is 5. The molecule has 2 N–H and O–H groups in total. The average Bonchev–Trinajstić information content (AvgIpc) is 2.97. The standard InChI is InChI=1S/C29H46O5/c1-17(2)13-18(30)15-29(8,33)19-9-11-27(6)20(19)14-21-24-26(5,16-23(31)34-21)22(25(3,4)32)10-12-28(24,27)7/h13,19-22,24,32-33H,9-12,14-16H2,1-8H3/t19-,20+,21+,22-,24+,26-,27+,28+,29+/m0/s1. The summed E-state index contributed by atoms with van der Waals surface area (Å²) in [6.07, 6.45) is 6.39. The summed E-state index contributed by atoms with van der Waals surface area (Å²) in [6.45, 7) is 16.4. The van der Waals surface area contributed by atoms with E-state index in [1.165, 1.54) is 0 Å². The Morgan fingerprint density at radius 1 is 1.09 bits per heavy atom. The Labute approximate surface area is 205 Å². The van der Waals surface area contributed by atoms with Crippen molar-refractivity contribution in [1.82, 2.24) is 0 Å². The molecule has 1 heterocycles. The Balaban J connectivity index is 1.72. The van der Waals surface area contributed by atoms with Crippen LogP contribution in [0.3, 0.4) is 0 Å². The third kappa shape index (κ3) is 3.72. The van der Waals surface area contributed by atoms with Crippen LogP contribution < -0.4 is 0 Å². The van der Waals surface area contributed by atoms with Crippen LogP contribution in [0.2, 0.25) is 0 Å². The van der Waals surface area contributed by atoms with E-state index in [2.05, 4.69) is 20.8 Å². The van der Waals surface area contributed by atoms with Crippen molar-refractivity contribution < 1.29 is 24.5 Å². The van der Waals surface area contributed by atoms with E-state index in [4.69, 9.17) is 4.74 Å². The maximum absolute atomic E-state index is 12.9. The molecule has 4 aliphatic rings. The van der Waals surface area contributed by atoms with Gasteiger partial charge in [-0.2, -0.15) is 0 Å². The fourth-order valence-electron chi connectivity index (χ4n) is 9.79.